The van der Waals surface area contributed by atoms with Crippen molar-refractivity contribution in [2.75, 3.05) is 19.6 Å². The van der Waals surface area contributed by atoms with Crippen molar-refractivity contribution in [1.82, 2.24) is 4.90 Å². The maximum atomic E-state index is 12.4. The van der Waals surface area contributed by atoms with E-state index in [2.05, 4.69) is 0 Å². The van der Waals surface area contributed by atoms with Gasteiger partial charge in [-0.1, -0.05) is 23.2 Å². The summed E-state index contributed by atoms with van der Waals surface area (Å²) < 4.78 is 0. The van der Waals surface area contributed by atoms with E-state index in [-0.39, 0.29) is 5.91 Å². The highest BCUT2D eigenvalue weighted by Gasteiger charge is 2.24. The summed E-state index contributed by atoms with van der Waals surface area (Å²) in [4.78, 5) is 14.3. The van der Waals surface area contributed by atoms with Crippen molar-refractivity contribution >= 4 is 29.1 Å². The van der Waals surface area contributed by atoms with Crippen molar-refractivity contribution in [3.05, 3.63) is 33.8 Å². The molecule has 0 aromatic heterocycles. The molecule has 5 heteroatoms. The lowest BCUT2D eigenvalue weighted by Gasteiger charge is -2.32. The van der Waals surface area contributed by atoms with Gasteiger partial charge in [-0.2, -0.15) is 0 Å². The largest absolute Gasteiger partial charge is 0.338 e. The Labute approximate surface area is 123 Å². The Morgan fingerprint density at radius 1 is 1.37 bits per heavy atom. The zero-order valence-corrected chi connectivity index (χ0v) is 12.3. The first-order chi connectivity index (χ1) is 9.11. The minimum absolute atomic E-state index is 0.0280. The van der Waals surface area contributed by atoms with Crippen LogP contribution in [0.4, 0.5) is 0 Å². The monoisotopic (exact) mass is 300 g/mol. The minimum Gasteiger partial charge on any atom is -0.338 e. The first-order valence-electron chi connectivity index (χ1n) is 6.56. The molecule has 0 bridgehead atoms. The number of benzene rings is 1. The molecule has 19 heavy (non-hydrogen) atoms. The quantitative estimate of drug-likeness (QED) is 0.932. The standard InChI is InChI=1S/C14H18Cl2N2O/c15-12-4-3-11(8-13(12)16)14(19)18-7-1-2-10(9-18)5-6-17/h3-4,8,10H,1-2,5-7,9,17H2. The average molecular weight is 301 g/mol. The van der Waals surface area contributed by atoms with Gasteiger partial charge in [-0.25, -0.2) is 0 Å². The van der Waals surface area contributed by atoms with Gasteiger partial charge in [-0.3, -0.25) is 4.79 Å². The van der Waals surface area contributed by atoms with Crippen molar-refractivity contribution in [3.8, 4) is 0 Å². The number of piperidine rings is 1. The molecule has 1 aromatic carbocycles. The van der Waals surface area contributed by atoms with Crippen LogP contribution in [0.15, 0.2) is 18.2 Å². The van der Waals surface area contributed by atoms with Gasteiger partial charge < -0.3 is 10.6 Å². The van der Waals surface area contributed by atoms with E-state index in [1.807, 2.05) is 4.90 Å². The molecule has 1 fully saturated rings. The fraction of sp³-hybridized carbons (Fsp3) is 0.500. The lowest BCUT2D eigenvalue weighted by atomic mass is 9.94. The third kappa shape index (κ3) is 3.62. The molecule has 1 unspecified atom stereocenters. The van der Waals surface area contributed by atoms with E-state index in [0.29, 0.717) is 28.1 Å². The van der Waals surface area contributed by atoms with Crippen molar-refractivity contribution < 1.29 is 4.79 Å². The first kappa shape index (κ1) is 14.6. The van der Waals surface area contributed by atoms with Gasteiger partial charge in [-0.05, 0) is 49.9 Å². The van der Waals surface area contributed by atoms with Gasteiger partial charge in [-0.15, -0.1) is 0 Å². The molecule has 0 aliphatic carbocycles. The Bertz CT molecular complexity index is 463. The topological polar surface area (TPSA) is 46.3 Å². The van der Waals surface area contributed by atoms with Gasteiger partial charge in [0.25, 0.3) is 5.91 Å². The minimum atomic E-state index is 0.0280. The maximum Gasteiger partial charge on any atom is 0.253 e. The Morgan fingerprint density at radius 2 is 2.16 bits per heavy atom. The van der Waals surface area contributed by atoms with E-state index >= 15 is 0 Å². The van der Waals surface area contributed by atoms with Crippen LogP contribution in [-0.4, -0.2) is 30.4 Å². The van der Waals surface area contributed by atoms with Gasteiger partial charge in [0.2, 0.25) is 0 Å². The predicted octanol–water partition coefficient (Wildman–Crippen LogP) is 3.19. The van der Waals surface area contributed by atoms with Crippen LogP contribution in [0.1, 0.15) is 29.6 Å². The summed E-state index contributed by atoms with van der Waals surface area (Å²) in [5, 5.41) is 0.890. The van der Waals surface area contributed by atoms with Gasteiger partial charge in [0, 0.05) is 18.7 Å². The molecule has 1 aliphatic heterocycles. The van der Waals surface area contributed by atoms with Crippen LogP contribution in [-0.2, 0) is 0 Å². The molecular formula is C14H18Cl2N2O. The van der Waals surface area contributed by atoms with E-state index in [9.17, 15) is 4.79 Å². The number of hydrogen-bond donors (Lipinski definition) is 1. The maximum absolute atomic E-state index is 12.4. The SMILES string of the molecule is NCCC1CCCN(C(=O)c2ccc(Cl)c(Cl)c2)C1. The van der Waals surface area contributed by atoms with Gasteiger partial charge in [0.15, 0.2) is 0 Å². The number of carbonyl (C=O) groups is 1. The summed E-state index contributed by atoms with van der Waals surface area (Å²) in [5.41, 5.74) is 6.19. The van der Waals surface area contributed by atoms with Crippen molar-refractivity contribution in [1.29, 1.82) is 0 Å². The highest BCUT2D eigenvalue weighted by Crippen LogP contribution is 2.25. The smallest absolute Gasteiger partial charge is 0.253 e. The molecule has 1 aliphatic rings. The van der Waals surface area contributed by atoms with E-state index < -0.39 is 0 Å². The van der Waals surface area contributed by atoms with Crippen molar-refractivity contribution in [2.24, 2.45) is 11.7 Å². The van der Waals surface area contributed by atoms with Crippen LogP contribution in [0.25, 0.3) is 0 Å². The molecule has 3 nitrogen and oxygen atoms in total. The second-order valence-electron chi connectivity index (χ2n) is 4.97. The molecule has 2 rings (SSSR count). The third-order valence-electron chi connectivity index (χ3n) is 3.55. The number of carbonyl (C=O) groups excluding carboxylic acids is 1. The summed E-state index contributed by atoms with van der Waals surface area (Å²) in [6, 6.07) is 5.03. The number of rotatable bonds is 3. The molecule has 104 valence electrons. The summed E-state index contributed by atoms with van der Waals surface area (Å²) >= 11 is 11.8. The summed E-state index contributed by atoms with van der Waals surface area (Å²) in [6.07, 6.45) is 3.17. The average Bonchev–Trinajstić information content (AvgIpc) is 2.42. The van der Waals surface area contributed by atoms with Crippen LogP contribution >= 0.6 is 23.2 Å². The number of likely N-dealkylation sites (tertiary alicyclic amines) is 1. The summed E-state index contributed by atoms with van der Waals surface area (Å²) in [7, 11) is 0. The highest BCUT2D eigenvalue weighted by molar-refractivity contribution is 6.42. The Hall–Kier alpha value is -0.770. The van der Waals surface area contributed by atoms with Gasteiger partial charge >= 0.3 is 0 Å². The molecule has 1 heterocycles. The Balaban J connectivity index is 2.08. The van der Waals surface area contributed by atoms with Crippen LogP contribution in [0.2, 0.25) is 10.0 Å². The number of nitrogens with two attached hydrogens (primary N) is 1. The van der Waals surface area contributed by atoms with E-state index in [4.69, 9.17) is 28.9 Å². The van der Waals surface area contributed by atoms with Gasteiger partial charge in [0.1, 0.15) is 0 Å². The van der Waals surface area contributed by atoms with Crippen LogP contribution < -0.4 is 5.73 Å². The molecule has 1 aromatic rings. The van der Waals surface area contributed by atoms with Gasteiger partial charge in [0.05, 0.1) is 10.0 Å². The second-order valence-corrected chi connectivity index (χ2v) is 5.78. The normalized spacial score (nSPS) is 19.5. The molecule has 2 N–H and O–H groups in total. The molecular weight excluding hydrogens is 283 g/mol. The number of hydrogen-bond acceptors (Lipinski definition) is 2. The van der Waals surface area contributed by atoms with E-state index in [0.717, 1.165) is 32.4 Å². The number of nitrogens with zero attached hydrogens (tertiary/aromatic N) is 1. The second kappa shape index (κ2) is 6.60. The molecule has 0 radical (unpaired) electrons. The fourth-order valence-corrected chi connectivity index (χ4v) is 2.83. The predicted molar refractivity (Wildman–Crippen MR) is 78.8 cm³/mol. The number of halogens is 2. The summed E-state index contributed by atoms with van der Waals surface area (Å²) in [6.45, 7) is 2.27. The lowest BCUT2D eigenvalue weighted by molar-refractivity contribution is 0.0669. The third-order valence-corrected chi connectivity index (χ3v) is 4.29. The van der Waals surface area contributed by atoms with E-state index in [1.165, 1.54) is 0 Å². The first-order valence-corrected chi connectivity index (χ1v) is 7.32. The molecule has 0 spiro atoms. The zero-order chi connectivity index (χ0) is 13.8. The lowest BCUT2D eigenvalue weighted by Crippen LogP contribution is -2.40. The van der Waals surface area contributed by atoms with Crippen LogP contribution in [0.5, 0.6) is 0 Å². The van der Waals surface area contributed by atoms with E-state index in [1.54, 1.807) is 18.2 Å². The van der Waals surface area contributed by atoms with Crippen molar-refractivity contribution in [3.63, 3.8) is 0 Å². The molecule has 0 saturated carbocycles. The number of amides is 1. The fourth-order valence-electron chi connectivity index (χ4n) is 2.53. The Morgan fingerprint density at radius 3 is 2.84 bits per heavy atom. The molecule has 1 atom stereocenters. The van der Waals surface area contributed by atoms with Crippen molar-refractivity contribution in [2.45, 2.75) is 19.3 Å². The molecule has 1 amide bonds. The molecule has 1 saturated heterocycles. The Kier molecular flexibility index (Phi) is 5.08. The zero-order valence-electron chi connectivity index (χ0n) is 10.7. The summed E-state index contributed by atoms with van der Waals surface area (Å²) in [5.74, 6) is 0.547. The van der Waals surface area contributed by atoms with Crippen LogP contribution in [0, 0.1) is 5.92 Å². The van der Waals surface area contributed by atoms with Crippen LogP contribution in [0.3, 0.4) is 0 Å². The highest BCUT2D eigenvalue weighted by atomic mass is 35.5.